The second-order valence-electron chi connectivity index (χ2n) is 6.64. The van der Waals surface area contributed by atoms with Crippen LogP contribution in [0.25, 0.3) is 0 Å². The van der Waals surface area contributed by atoms with Crippen molar-refractivity contribution in [3.63, 3.8) is 0 Å². The third-order valence-corrected chi connectivity index (χ3v) is 4.96. The molecule has 27 heavy (non-hydrogen) atoms. The number of nitrogens with zero attached hydrogens (tertiary/aromatic N) is 2. The van der Waals surface area contributed by atoms with Crippen LogP contribution >= 0.6 is 0 Å². The number of piperazine rings is 1. The Kier molecular flexibility index (Phi) is 6.03. The maximum Gasteiger partial charge on any atom is 0.407 e. The molecule has 0 aromatic heterocycles. The maximum absolute atomic E-state index is 13.4. The number of hydrogen-bond donors (Lipinski definition) is 2. The number of amides is 1. The van der Waals surface area contributed by atoms with Crippen LogP contribution in [0.3, 0.4) is 0 Å². The molecule has 2 aromatic carbocycles. The third kappa shape index (κ3) is 4.43. The lowest BCUT2D eigenvalue weighted by Crippen LogP contribution is -2.55. The zero-order valence-corrected chi connectivity index (χ0v) is 14.8. The van der Waals surface area contributed by atoms with Crippen molar-refractivity contribution in [3.8, 4) is 0 Å². The van der Waals surface area contributed by atoms with Crippen molar-refractivity contribution >= 4 is 6.09 Å². The summed E-state index contributed by atoms with van der Waals surface area (Å²) < 4.78 is 26.8. The summed E-state index contributed by atoms with van der Waals surface area (Å²) >= 11 is 0. The molecule has 1 atom stereocenters. The molecule has 0 radical (unpaired) electrons. The van der Waals surface area contributed by atoms with Gasteiger partial charge in [-0.15, -0.1) is 0 Å². The van der Waals surface area contributed by atoms with Gasteiger partial charge in [0, 0.05) is 32.3 Å². The molecule has 0 aliphatic carbocycles. The molecular formula is C20H22F2N2O3. The van der Waals surface area contributed by atoms with Crippen molar-refractivity contribution in [1.29, 1.82) is 0 Å². The predicted octanol–water partition coefficient (Wildman–Crippen LogP) is 3.10. The van der Waals surface area contributed by atoms with Gasteiger partial charge in [0.05, 0.1) is 6.04 Å². The molecule has 2 N–H and O–H groups in total. The van der Waals surface area contributed by atoms with Gasteiger partial charge in [-0.25, -0.2) is 13.6 Å². The minimum atomic E-state index is -0.988. The van der Waals surface area contributed by atoms with Gasteiger partial charge in [0.25, 0.3) is 0 Å². The van der Waals surface area contributed by atoms with Crippen LogP contribution in [0, 0.1) is 11.6 Å². The molecule has 1 aliphatic rings. The molecule has 0 bridgehead atoms. The normalized spacial score (nSPS) is 18.1. The summed E-state index contributed by atoms with van der Waals surface area (Å²) in [5.74, 6) is -0.696. The van der Waals surface area contributed by atoms with Crippen molar-refractivity contribution in [3.05, 3.63) is 71.3 Å². The summed E-state index contributed by atoms with van der Waals surface area (Å²) in [5.41, 5.74) is 1.66. The van der Waals surface area contributed by atoms with E-state index in [-0.39, 0.29) is 36.9 Å². The second-order valence-corrected chi connectivity index (χ2v) is 6.64. The lowest BCUT2D eigenvalue weighted by atomic mass is 9.93. The number of benzene rings is 2. The average molecular weight is 376 g/mol. The van der Waals surface area contributed by atoms with E-state index in [9.17, 15) is 23.8 Å². The van der Waals surface area contributed by atoms with Crippen LogP contribution in [0.4, 0.5) is 13.6 Å². The maximum atomic E-state index is 13.4. The molecule has 1 heterocycles. The van der Waals surface area contributed by atoms with Crippen LogP contribution in [0.5, 0.6) is 0 Å². The van der Waals surface area contributed by atoms with E-state index in [1.165, 1.54) is 29.2 Å². The highest BCUT2D eigenvalue weighted by Gasteiger charge is 2.34. The zero-order valence-electron chi connectivity index (χ0n) is 14.8. The molecule has 0 spiro atoms. The number of carboxylic acid groups (broad SMARTS) is 1. The standard InChI is InChI=1S/C20H22F2N2O3/c21-16-5-1-14(2-6-16)19(15-3-7-17(22)8-4-15)24-11-10-23(20(26)27)13-18(24)9-12-25/h1-8,18-19,25H,9-13H2,(H,26,27)/t18-/m1/s1. The van der Waals surface area contributed by atoms with E-state index in [4.69, 9.17) is 0 Å². The number of rotatable bonds is 5. The van der Waals surface area contributed by atoms with Gasteiger partial charge in [0.1, 0.15) is 11.6 Å². The van der Waals surface area contributed by atoms with Crippen LogP contribution in [0.1, 0.15) is 23.6 Å². The van der Waals surface area contributed by atoms with Gasteiger partial charge in [-0.05, 0) is 41.8 Å². The first kappa shape index (κ1) is 19.3. The van der Waals surface area contributed by atoms with Crippen molar-refractivity contribution in [2.45, 2.75) is 18.5 Å². The summed E-state index contributed by atoms with van der Waals surface area (Å²) in [6.45, 7) is 0.982. The molecule has 144 valence electrons. The first-order chi connectivity index (χ1) is 13.0. The highest BCUT2D eigenvalue weighted by atomic mass is 19.1. The number of halogens is 2. The average Bonchev–Trinajstić information content (AvgIpc) is 2.66. The van der Waals surface area contributed by atoms with E-state index in [0.717, 1.165) is 11.1 Å². The number of aliphatic hydroxyl groups is 1. The van der Waals surface area contributed by atoms with Crippen LogP contribution in [-0.4, -0.2) is 58.4 Å². The van der Waals surface area contributed by atoms with Crippen molar-refractivity contribution in [2.75, 3.05) is 26.2 Å². The quantitative estimate of drug-likeness (QED) is 0.842. The first-order valence-electron chi connectivity index (χ1n) is 8.85. The van der Waals surface area contributed by atoms with Crippen LogP contribution in [0.2, 0.25) is 0 Å². The summed E-state index contributed by atoms with van der Waals surface area (Å²) in [6, 6.07) is 11.7. The van der Waals surface area contributed by atoms with Crippen molar-refractivity contribution < 1.29 is 23.8 Å². The molecule has 0 saturated carbocycles. The van der Waals surface area contributed by atoms with Gasteiger partial charge in [-0.2, -0.15) is 0 Å². The Morgan fingerprint density at radius 3 is 1.96 bits per heavy atom. The SMILES string of the molecule is O=C(O)N1CCN(C(c2ccc(F)cc2)c2ccc(F)cc2)[C@H](CCO)C1. The second kappa shape index (κ2) is 8.45. The number of hydrogen-bond acceptors (Lipinski definition) is 3. The largest absolute Gasteiger partial charge is 0.465 e. The Labute approximate surface area is 156 Å². The van der Waals surface area contributed by atoms with Gasteiger partial charge in [-0.3, -0.25) is 4.90 Å². The Morgan fingerprint density at radius 1 is 1.00 bits per heavy atom. The highest BCUT2D eigenvalue weighted by Crippen LogP contribution is 2.33. The molecule has 1 amide bonds. The first-order valence-corrected chi connectivity index (χ1v) is 8.85. The van der Waals surface area contributed by atoms with E-state index in [1.54, 1.807) is 24.3 Å². The van der Waals surface area contributed by atoms with Crippen molar-refractivity contribution in [1.82, 2.24) is 9.80 Å². The van der Waals surface area contributed by atoms with Gasteiger partial charge < -0.3 is 15.1 Å². The van der Waals surface area contributed by atoms with Crippen LogP contribution in [-0.2, 0) is 0 Å². The van der Waals surface area contributed by atoms with Gasteiger partial charge in [0.2, 0.25) is 0 Å². The van der Waals surface area contributed by atoms with E-state index in [2.05, 4.69) is 4.90 Å². The molecular weight excluding hydrogens is 354 g/mol. The molecule has 5 nitrogen and oxygen atoms in total. The van der Waals surface area contributed by atoms with Gasteiger partial charge in [0.15, 0.2) is 0 Å². The summed E-state index contributed by atoms with van der Waals surface area (Å²) in [7, 11) is 0. The Bertz CT molecular complexity index is 722. The summed E-state index contributed by atoms with van der Waals surface area (Å²) in [6.07, 6.45) is -0.583. The lowest BCUT2D eigenvalue weighted by Gasteiger charge is -2.44. The fraction of sp³-hybridized carbons (Fsp3) is 0.350. The highest BCUT2D eigenvalue weighted by molar-refractivity contribution is 5.65. The minimum absolute atomic E-state index is 0.0752. The minimum Gasteiger partial charge on any atom is -0.465 e. The Hall–Kier alpha value is -2.51. The predicted molar refractivity (Wildman–Crippen MR) is 96.4 cm³/mol. The third-order valence-electron chi connectivity index (χ3n) is 4.96. The Morgan fingerprint density at radius 2 is 1.52 bits per heavy atom. The van der Waals surface area contributed by atoms with E-state index >= 15 is 0 Å². The fourth-order valence-electron chi connectivity index (χ4n) is 3.65. The molecule has 1 fully saturated rings. The van der Waals surface area contributed by atoms with Gasteiger partial charge >= 0.3 is 6.09 Å². The zero-order chi connectivity index (χ0) is 19.4. The van der Waals surface area contributed by atoms with E-state index in [0.29, 0.717) is 19.5 Å². The van der Waals surface area contributed by atoms with Crippen LogP contribution in [0.15, 0.2) is 48.5 Å². The fourth-order valence-corrected chi connectivity index (χ4v) is 3.65. The van der Waals surface area contributed by atoms with Crippen molar-refractivity contribution in [2.24, 2.45) is 0 Å². The Balaban J connectivity index is 1.99. The molecule has 3 rings (SSSR count). The summed E-state index contributed by atoms with van der Waals surface area (Å²) in [5, 5.41) is 18.8. The lowest BCUT2D eigenvalue weighted by molar-refractivity contribution is 0.0397. The molecule has 0 unspecified atom stereocenters. The molecule has 7 heteroatoms. The van der Waals surface area contributed by atoms with Crippen LogP contribution < -0.4 is 0 Å². The topological polar surface area (TPSA) is 64.0 Å². The van der Waals surface area contributed by atoms with E-state index < -0.39 is 6.09 Å². The van der Waals surface area contributed by atoms with E-state index in [1.807, 2.05) is 0 Å². The van der Waals surface area contributed by atoms with Gasteiger partial charge in [-0.1, -0.05) is 24.3 Å². The smallest absolute Gasteiger partial charge is 0.407 e. The summed E-state index contributed by atoms with van der Waals surface area (Å²) in [4.78, 5) is 14.8. The number of carbonyl (C=O) groups is 1. The molecule has 1 aliphatic heterocycles. The molecule has 2 aromatic rings. The number of aliphatic hydroxyl groups excluding tert-OH is 1. The monoisotopic (exact) mass is 376 g/mol. The molecule has 1 saturated heterocycles.